The summed E-state index contributed by atoms with van der Waals surface area (Å²) in [5.74, 6) is -0.135. The molecule has 0 radical (unpaired) electrons. The summed E-state index contributed by atoms with van der Waals surface area (Å²) in [6.45, 7) is 6.89. The summed E-state index contributed by atoms with van der Waals surface area (Å²) in [5.41, 5.74) is 8.09. The first-order chi connectivity index (χ1) is 23.7. The predicted molar refractivity (Wildman–Crippen MR) is 189 cm³/mol. The van der Waals surface area contributed by atoms with E-state index in [-0.39, 0.29) is 17.2 Å². The number of pyridine rings is 2. The molecular formula is C39H40FN5O4. The Morgan fingerprint density at radius 1 is 1.02 bits per heavy atom. The standard InChI is InChI=1S/C39H40FN5O4/c1-24-20-28(39(47)49-5)21-32(40)36(24)27-11-16-43(17-12-27)25(2)35-22-31-34(10-15-41-37(31)42(35)3)45-19-14-33-30(38(45)46)13-18-44(33)23-26-6-8-29(48-4)9-7-26/h6-11,14-15,19-22,25H,12-13,16-18,23H2,1-5H3/t25-/m0/s1. The van der Waals surface area contributed by atoms with Crippen molar-refractivity contribution in [2.24, 2.45) is 7.05 Å². The smallest absolute Gasteiger partial charge is 0.337 e. The lowest BCUT2D eigenvalue weighted by molar-refractivity contribution is 0.0600. The lowest BCUT2D eigenvalue weighted by atomic mass is 9.93. The van der Waals surface area contributed by atoms with Gasteiger partial charge in [-0.1, -0.05) is 18.2 Å². The molecule has 0 saturated heterocycles. The first kappa shape index (κ1) is 32.3. The maximum atomic E-state index is 15.2. The molecule has 9 nitrogen and oxygen atoms in total. The second-order valence-corrected chi connectivity index (χ2v) is 12.9. The minimum Gasteiger partial charge on any atom is -0.497 e. The van der Waals surface area contributed by atoms with Crippen LogP contribution in [0.4, 0.5) is 10.1 Å². The molecule has 0 unspecified atom stereocenters. The Morgan fingerprint density at radius 2 is 1.82 bits per heavy atom. The highest BCUT2D eigenvalue weighted by Gasteiger charge is 2.27. The Labute approximate surface area is 284 Å². The lowest BCUT2D eigenvalue weighted by Gasteiger charge is -2.32. The van der Waals surface area contributed by atoms with E-state index in [1.54, 1.807) is 23.9 Å². The number of hydrogen-bond donors (Lipinski definition) is 0. The number of aromatic nitrogens is 3. The molecule has 3 aromatic heterocycles. The Bertz CT molecular complexity index is 2140. The number of halogens is 1. The summed E-state index contributed by atoms with van der Waals surface area (Å²) < 4.78 is 29.1. The molecule has 0 N–H and O–H groups in total. The second kappa shape index (κ2) is 13.0. The van der Waals surface area contributed by atoms with Crippen LogP contribution < -0.4 is 15.2 Å². The van der Waals surface area contributed by atoms with Crippen molar-refractivity contribution in [3.05, 3.63) is 123 Å². The summed E-state index contributed by atoms with van der Waals surface area (Å²) in [5, 5.41) is 0.915. The predicted octanol–water partition coefficient (Wildman–Crippen LogP) is 6.38. The van der Waals surface area contributed by atoms with Gasteiger partial charge < -0.3 is 18.9 Å². The van der Waals surface area contributed by atoms with Gasteiger partial charge in [0.2, 0.25) is 0 Å². The molecule has 2 aliphatic rings. The first-order valence-corrected chi connectivity index (χ1v) is 16.6. The molecule has 0 spiro atoms. The number of carbonyl (C=O) groups excluding carboxylic acids is 1. The molecule has 252 valence electrons. The third kappa shape index (κ3) is 5.80. The van der Waals surface area contributed by atoms with Crippen LogP contribution in [0.3, 0.4) is 0 Å². The molecule has 5 heterocycles. The third-order valence-corrected chi connectivity index (χ3v) is 10.1. The van der Waals surface area contributed by atoms with E-state index in [0.717, 1.165) is 70.2 Å². The Balaban J connectivity index is 1.14. The molecule has 0 bridgehead atoms. The van der Waals surface area contributed by atoms with Crippen molar-refractivity contribution in [1.82, 2.24) is 19.0 Å². The minimum absolute atomic E-state index is 0.00322. The van der Waals surface area contributed by atoms with Gasteiger partial charge in [-0.15, -0.1) is 0 Å². The number of hydrogen-bond acceptors (Lipinski definition) is 7. The normalized spacial score (nSPS) is 15.3. The first-order valence-electron chi connectivity index (χ1n) is 16.6. The zero-order chi connectivity index (χ0) is 34.4. The number of benzene rings is 2. The van der Waals surface area contributed by atoms with E-state index in [1.807, 2.05) is 38.4 Å². The van der Waals surface area contributed by atoms with E-state index < -0.39 is 11.8 Å². The summed E-state index contributed by atoms with van der Waals surface area (Å²) in [7, 11) is 4.97. The molecular weight excluding hydrogens is 621 g/mol. The SMILES string of the molecule is COC(=O)c1cc(C)c(C2=CCN([C@@H](C)c3cc4c(-n5ccc6c(c5=O)CCN6Cc5ccc(OC)cc5)ccnc4n3C)CC2)c(F)c1. The van der Waals surface area contributed by atoms with Crippen LogP contribution in [-0.2, 0) is 24.8 Å². The van der Waals surface area contributed by atoms with Gasteiger partial charge in [-0.25, -0.2) is 14.2 Å². The van der Waals surface area contributed by atoms with Gasteiger partial charge in [0.1, 0.15) is 17.2 Å². The topological polar surface area (TPSA) is 81.8 Å². The van der Waals surface area contributed by atoms with Crippen molar-refractivity contribution < 1.29 is 18.7 Å². The highest BCUT2D eigenvalue weighted by molar-refractivity contribution is 5.90. The van der Waals surface area contributed by atoms with E-state index in [1.165, 1.54) is 13.2 Å². The molecule has 7 rings (SSSR count). The van der Waals surface area contributed by atoms with Gasteiger partial charge in [0.05, 0.1) is 25.5 Å². The maximum Gasteiger partial charge on any atom is 0.337 e. The van der Waals surface area contributed by atoms with Crippen LogP contribution in [0.25, 0.3) is 22.3 Å². The lowest BCUT2D eigenvalue weighted by Crippen LogP contribution is -2.32. The van der Waals surface area contributed by atoms with Gasteiger partial charge >= 0.3 is 5.97 Å². The van der Waals surface area contributed by atoms with E-state index in [9.17, 15) is 9.59 Å². The molecule has 0 saturated carbocycles. The monoisotopic (exact) mass is 661 g/mol. The van der Waals surface area contributed by atoms with Crippen LogP contribution in [0.15, 0.2) is 77.9 Å². The van der Waals surface area contributed by atoms with E-state index >= 15 is 4.39 Å². The van der Waals surface area contributed by atoms with Crippen LogP contribution in [0.1, 0.15) is 57.7 Å². The number of rotatable bonds is 8. The van der Waals surface area contributed by atoms with Crippen LogP contribution in [0, 0.1) is 12.7 Å². The number of methoxy groups -OCH3 is 2. The molecule has 49 heavy (non-hydrogen) atoms. The minimum atomic E-state index is -0.549. The van der Waals surface area contributed by atoms with Crippen molar-refractivity contribution in [1.29, 1.82) is 0 Å². The number of anilines is 1. The average molecular weight is 662 g/mol. The van der Waals surface area contributed by atoms with Gasteiger partial charge in [-0.3, -0.25) is 14.3 Å². The van der Waals surface area contributed by atoms with Crippen molar-refractivity contribution in [3.8, 4) is 11.4 Å². The fraction of sp³-hybridized carbons (Fsp3) is 0.308. The zero-order valence-corrected chi connectivity index (χ0v) is 28.5. The largest absolute Gasteiger partial charge is 0.497 e. The van der Waals surface area contributed by atoms with Crippen LogP contribution in [0.2, 0.25) is 0 Å². The average Bonchev–Trinajstić information content (AvgIpc) is 3.69. The third-order valence-electron chi connectivity index (χ3n) is 10.1. The summed E-state index contributed by atoms with van der Waals surface area (Å²) in [6.07, 6.45) is 7.10. The molecule has 0 fully saturated rings. The highest BCUT2D eigenvalue weighted by Crippen LogP contribution is 2.35. The van der Waals surface area contributed by atoms with Crippen LogP contribution in [-0.4, -0.2) is 58.8 Å². The van der Waals surface area contributed by atoms with E-state index in [4.69, 9.17) is 14.5 Å². The van der Waals surface area contributed by atoms with E-state index in [2.05, 4.69) is 51.6 Å². The molecule has 2 aromatic carbocycles. The molecule has 2 aliphatic heterocycles. The van der Waals surface area contributed by atoms with Crippen molar-refractivity contribution >= 4 is 28.3 Å². The summed E-state index contributed by atoms with van der Waals surface area (Å²) in [6, 6.07) is 17.1. The van der Waals surface area contributed by atoms with Crippen molar-refractivity contribution in [2.45, 2.75) is 39.3 Å². The van der Waals surface area contributed by atoms with Crippen LogP contribution in [0.5, 0.6) is 5.75 Å². The quantitative estimate of drug-likeness (QED) is 0.179. The number of ether oxygens (including phenoxy) is 2. The maximum absolute atomic E-state index is 15.2. The molecule has 0 aliphatic carbocycles. The Morgan fingerprint density at radius 3 is 2.51 bits per heavy atom. The fourth-order valence-electron chi connectivity index (χ4n) is 7.45. The van der Waals surface area contributed by atoms with Crippen LogP contribution >= 0.6 is 0 Å². The number of esters is 1. The molecule has 10 heteroatoms. The van der Waals surface area contributed by atoms with E-state index in [0.29, 0.717) is 30.5 Å². The molecule has 1 atom stereocenters. The number of nitrogens with zero attached hydrogens (tertiary/aromatic N) is 5. The Kier molecular flexibility index (Phi) is 8.58. The van der Waals surface area contributed by atoms with Gasteiger partial charge in [0.25, 0.3) is 5.56 Å². The number of fused-ring (bicyclic) bond motifs is 2. The van der Waals surface area contributed by atoms with Gasteiger partial charge in [0.15, 0.2) is 0 Å². The fourth-order valence-corrected chi connectivity index (χ4v) is 7.45. The van der Waals surface area contributed by atoms with Gasteiger partial charge in [-0.05, 0) is 85.9 Å². The van der Waals surface area contributed by atoms with Gasteiger partial charge in [-0.2, -0.15) is 0 Å². The van der Waals surface area contributed by atoms with Gasteiger partial charge in [0, 0.05) is 79.6 Å². The molecule has 0 amide bonds. The number of aryl methyl sites for hydroxylation is 2. The molecule has 5 aromatic rings. The summed E-state index contributed by atoms with van der Waals surface area (Å²) >= 11 is 0. The van der Waals surface area contributed by atoms with Crippen molar-refractivity contribution in [3.63, 3.8) is 0 Å². The number of carbonyl (C=O) groups is 1. The second-order valence-electron chi connectivity index (χ2n) is 12.9. The zero-order valence-electron chi connectivity index (χ0n) is 28.5. The Hall–Kier alpha value is -5.22. The summed E-state index contributed by atoms with van der Waals surface area (Å²) in [4.78, 5) is 35.2. The van der Waals surface area contributed by atoms with Crippen molar-refractivity contribution in [2.75, 3.05) is 38.8 Å². The highest BCUT2D eigenvalue weighted by atomic mass is 19.1.